The fourth-order valence-electron chi connectivity index (χ4n) is 10.4. The van der Waals surface area contributed by atoms with E-state index in [2.05, 4.69) is 17.6 Å². The molecule has 0 aromatic carbocycles. The molecule has 0 radical (unpaired) electrons. The molecule has 3 aliphatic rings. The minimum absolute atomic E-state index is 0.0347. The van der Waals surface area contributed by atoms with Crippen LogP contribution in [0.5, 0.6) is 0 Å². The Hall–Kier alpha value is -2.52. The van der Waals surface area contributed by atoms with Gasteiger partial charge in [0, 0.05) is 63.9 Å². The Bertz CT molecular complexity index is 1590. The first-order chi connectivity index (χ1) is 31.8. The van der Waals surface area contributed by atoms with Crippen LogP contribution >= 0.6 is 0 Å². The van der Waals surface area contributed by atoms with Gasteiger partial charge in [-0.3, -0.25) is 14.4 Å². The van der Waals surface area contributed by atoms with Gasteiger partial charge in [-0.05, 0) is 94.2 Å². The van der Waals surface area contributed by atoms with E-state index in [1.807, 2.05) is 32.8 Å². The second-order valence-electron chi connectivity index (χ2n) is 20.8. The summed E-state index contributed by atoms with van der Waals surface area (Å²) in [6.45, 7) is 20.2. The molecular weight excluding hydrogens is 883 g/mol. The van der Waals surface area contributed by atoms with Crippen molar-refractivity contribution in [3.63, 3.8) is 0 Å². The number of rotatable bonds is 19. The molecule has 18 heteroatoms. The molecule has 0 aromatic heterocycles. The number of aliphatic hydroxyl groups is 3. The van der Waals surface area contributed by atoms with Crippen molar-refractivity contribution < 1.29 is 72.4 Å². The Morgan fingerprint density at radius 2 is 1.43 bits per heavy atom. The van der Waals surface area contributed by atoms with Crippen LogP contribution < -0.4 is 10.6 Å². The average molecular weight is 974 g/mol. The van der Waals surface area contributed by atoms with Gasteiger partial charge in [-0.15, -0.1) is 0 Å². The monoisotopic (exact) mass is 974 g/mol. The third-order valence-corrected chi connectivity index (χ3v) is 14.9. The number of esters is 1. The van der Waals surface area contributed by atoms with Gasteiger partial charge < -0.3 is 68.7 Å². The Labute approximate surface area is 406 Å². The SMILES string of the molecule is CCCCCNC(=O)CCCCCNC(=O)O[C@H]1[C@H](C)O[C@@H](O[C@H]2[C@H](C)[C@@H](O[C@@H]3O[C@H](C)C[C@H](N(C)C)[C@H]3O)[C@](C)(OC)C[C@@H](C)C(=O)[C@H](C)[C@@H](O)[C@](C)(O)[C@@H](CC)OC(=O)[C@@H]2C)C[C@@]1(C)OC. The molecule has 0 spiro atoms. The predicted molar refractivity (Wildman–Crippen MR) is 254 cm³/mol. The number of unbranched alkanes of at least 4 members (excludes halogenated alkanes) is 4. The van der Waals surface area contributed by atoms with E-state index in [0.29, 0.717) is 38.8 Å². The normalized spacial score (nSPS) is 40.0. The maximum Gasteiger partial charge on any atom is 0.407 e. The Kier molecular flexibility index (Phi) is 23.6. The zero-order chi connectivity index (χ0) is 51.3. The number of cyclic esters (lactones) is 1. The van der Waals surface area contributed by atoms with Gasteiger partial charge in [-0.1, -0.05) is 53.9 Å². The molecule has 68 heavy (non-hydrogen) atoms. The van der Waals surface area contributed by atoms with Crippen molar-refractivity contribution in [3.8, 4) is 0 Å². The molecule has 0 unspecified atom stereocenters. The number of hydrogen-bond donors (Lipinski definition) is 5. The number of carbonyl (C=O) groups excluding carboxylic acids is 4. The van der Waals surface area contributed by atoms with E-state index in [9.17, 15) is 34.5 Å². The topological polar surface area (TPSA) is 230 Å². The first-order valence-corrected chi connectivity index (χ1v) is 25.2. The molecule has 0 aliphatic carbocycles. The minimum atomic E-state index is -2.01. The Morgan fingerprint density at radius 1 is 0.809 bits per heavy atom. The lowest BCUT2D eigenvalue weighted by atomic mass is 9.74. The fraction of sp³-hybridized carbons (Fsp3) is 0.920. The fourth-order valence-corrected chi connectivity index (χ4v) is 10.4. The molecular formula is C50H91N3O15. The molecule has 0 bridgehead atoms. The van der Waals surface area contributed by atoms with Crippen LogP contribution in [-0.2, 0) is 52.3 Å². The van der Waals surface area contributed by atoms with Gasteiger partial charge >= 0.3 is 12.1 Å². The van der Waals surface area contributed by atoms with Crippen LogP contribution in [0.3, 0.4) is 0 Å². The molecule has 3 rings (SSSR count). The highest BCUT2D eigenvalue weighted by Gasteiger charge is 2.55. The van der Waals surface area contributed by atoms with Gasteiger partial charge in [0.1, 0.15) is 29.2 Å². The van der Waals surface area contributed by atoms with Crippen LogP contribution in [-0.4, -0.2) is 170 Å². The number of carbonyl (C=O) groups is 4. The summed E-state index contributed by atoms with van der Waals surface area (Å²) in [4.78, 5) is 55.9. The Balaban J connectivity index is 1.96. The summed E-state index contributed by atoms with van der Waals surface area (Å²) in [5.41, 5.74) is -4.46. The van der Waals surface area contributed by atoms with Crippen LogP contribution in [0.2, 0.25) is 0 Å². The quantitative estimate of drug-likeness (QED) is 0.0844. The molecule has 3 heterocycles. The second kappa shape index (κ2) is 26.8. The maximum atomic E-state index is 14.5. The van der Waals surface area contributed by atoms with Crippen molar-refractivity contribution >= 4 is 23.8 Å². The summed E-state index contributed by atoms with van der Waals surface area (Å²) in [5, 5.41) is 40.9. The number of ketones is 1. The molecule has 3 fully saturated rings. The van der Waals surface area contributed by atoms with E-state index in [1.54, 1.807) is 48.5 Å². The van der Waals surface area contributed by atoms with Crippen molar-refractivity contribution in [1.82, 2.24) is 15.5 Å². The molecule has 0 saturated carbocycles. The highest BCUT2D eigenvalue weighted by Crippen LogP contribution is 2.42. The number of likely N-dealkylation sites (N-methyl/N-ethyl adjacent to an activating group) is 1. The largest absolute Gasteiger partial charge is 0.459 e. The van der Waals surface area contributed by atoms with E-state index in [1.165, 1.54) is 21.1 Å². The van der Waals surface area contributed by atoms with Crippen LogP contribution in [0.4, 0.5) is 4.79 Å². The van der Waals surface area contributed by atoms with Gasteiger partial charge in [0.2, 0.25) is 5.91 Å². The average Bonchev–Trinajstić information content (AvgIpc) is 3.29. The number of amides is 2. The second-order valence-corrected chi connectivity index (χ2v) is 20.8. The van der Waals surface area contributed by atoms with Gasteiger partial charge in [0.25, 0.3) is 0 Å². The zero-order valence-corrected chi connectivity index (χ0v) is 44.0. The summed E-state index contributed by atoms with van der Waals surface area (Å²) < 4.78 is 51.0. The van der Waals surface area contributed by atoms with E-state index in [4.69, 9.17) is 37.9 Å². The smallest absolute Gasteiger partial charge is 0.407 e. The van der Waals surface area contributed by atoms with Crippen LogP contribution in [0.25, 0.3) is 0 Å². The van der Waals surface area contributed by atoms with Crippen LogP contribution in [0, 0.1) is 23.7 Å². The van der Waals surface area contributed by atoms with Gasteiger partial charge in [0.05, 0.1) is 42.0 Å². The van der Waals surface area contributed by atoms with E-state index in [-0.39, 0.29) is 43.1 Å². The highest BCUT2D eigenvalue weighted by molar-refractivity contribution is 5.83. The van der Waals surface area contributed by atoms with Crippen molar-refractivity contribution in [2.24, 2.45) is 23.7 Å². The van der Waals surface area contributed by atoms with Gasteiger partial charge in [-0.2, -0.15) is 0 Å². The number of hydrogen-bond acceptors (Lipinski definition) is 16. The molecule has 18 nitrogen and oxygen atoms in total. The Morgan fingerprint density at radius 3 is 2.03 bits per heavy atom. The number of methoxy groups -OCH3 is 2. The molecule has 0 aromatic rings. The molecule has 3 saturated heterocycles. The lowest BCUT2D eigenvalue weighted by Crippen LogP contribution is -2.62. The zero-order valence-electron chi connectivity index (χ0n) is 44.0. The standard InChI is InChI=1S/C50H91N3O15/c1-16-18-21-24-51-37(54)23-20-19-22-25-52-47(59)68-44-34(8)64-38(28-49(44,10)62-15)66-41-32(6)43(67-46-40(56)35(53(12)13)26-30(4)63-46)48(9,61-14)27-29(3)39(55)31(5)42(57)50(11,60)36(17-2)65-45(58)33(41)7/h29-36,38,40-44,46,56-57,60H,16-28H2,1-15H3,(H,51,54)(H,52,59)/t29-,30-,31+,32+,33-,34+,35+,36-,38+,40-,41+,42-,43-,44+,46+,48-,49-,50-/m1/s1. The molecule has 2 amide bonds. The van der Waals surface area contributed by atoms with Gasteiger partial charge in [-0.25, -0.2) is 4.79 Å². The summed E-state index contributed by atoms with van der Waals surface area (Å²) >= 11 is 0. The number of aliphatic hydroxyl groups excluding tert-OH is 2. The first-order valence-electron chi connectivity index (χ1n) is 25.2. The number of ether oxygens (including phenoxy) is 8. The van der Waals surface area contributed by atoms with Crippen molar-refractivity contribution in [2.75, 3.05) is 41.4 Å². The highest BCUT2D eigenvalue weighted by atomic mass is 16.7. The third-order valence-electron chi connectivity index (χ3n) is 14.9. The van der Waals surface area contributed by atoms with Crippen molar-refractivity contribution in [2.45, 2.75) is 231 Å². The van der Waals surface area contributed by atoms with E-state index >= 15 is 0 Å². The number of nitrogens with zero attached hydrogens (tertiary/aromatic N) is 1. The number of nitrogens with one attached hydrogen (secondary N) is 2. The lowest BCUT2D eigenvalue weighted by Gasteiger charge is -2.50. The summed E-state index contributed by atoms with van der Waals surface area (Å²) in [6, 6.07) is -0.320. The van der Waals surface area contributed by atoms with E-state index in [0.717, 1.165) is 25.7 Å². The summed E-state index contributed by atoms with van der Waals surface area (Å²) in [6.07, 6.45) is -4.31. The predicted octanol–water partition coefficient (Wildman–Crippen LogP) is 5.04. The third kappa shape index (κ3) is 15.5. The van der Waals surface area contributed by atoms with Gasteiger partial charge in [0.15, 0.2) is 18.7 Å². The van der Waals surface area contributed by atoms with Crippen LogP contribution in [0.1, 0.15) is 147 Å². The number of Topliss-reactive ketones (excluding diaryl/α,β-unsaturated/α-hetero) is 1. The minimum Gasteiger partial charge on any atom is -0.459 e. The molecule has 3 aliphatic heterocycles. The summed E-state index contributed by atoms with van der Waals surface area (Å²) in [7, 11) is 6.75. The molecule has 5 N–H and O–H groups in total. The lowest BCUT2D eigenvalue weighted by molar-refractivity contribution is -0.319. The summed E-state index contributed by atoms with van der Waals surface area (Å²) in [5.74, 6) is -4.70. The van der Waals surface area contributed by atoms with E-state index < -0.39 is 108 Å². The van der Waals surface area contributed by atoms with Crippen molar-refractivity contribution in [3.05, 3.63) is 0 Å². The maximum absolute atomic E-state index is 14.5. The van der Waals surface area contributed by atoms with Crippen LogP contribution in [0.15, 0.2) is 0 Å². The first kappa shape index (κ1) is 59.8. The molecule has 18 atom stereocenters. The number of alkyl carbamates (subject to hydrolysis) is 1. The molecule has 396 valence electrons. The van der Waals surface area contributed by atoms with Crippen molar-refractivity contribution in [1.29, 1.82) is 0 Å².